The molecule has 32 heavy (non-hydrogen) atoms. The Balaban J connectivity index is 2.09. The summed E-state index contributed by atoms with van der Waals surface area (Å²) >= 11 is 0. The van der Waals surface area contributed by atoms with Gasteiger partial charge in [0.15, 0.2) is 0 Å². The summed E-state index contributed by atoms with van der Waals surface area (Å²) in [5.74, 6) is 3.19. The van der Waals surface area contributed by atoms with Gasteiger partial charge in [0.1, 0.15) is 0 Å². The molecule has 178 valence electrons. The molecule has 0 radical (unpaired) electrons. The largest absolute Gasteiger partial charge is 0.0919 e. The molecule has 2 heteroatoms. The van der Waals surface area contributed by atoms with Gasteiger partial charge >= 0.3 is 0 Å². The van der Waals surface area contributed by atoms with Gasteiger partial charge in [0.05, 0.1) is 0 Å². The first-order valence-electron chi connectivity index (χ1n) is 12.8. The van der Waals surface area contributed by atoms with E-state index in [4.69, 9.17) is 0 Å². The molecule has 1 saturated carbocycles. The van der Waals surface area contributed by atoms with Gasteiger partial charge in [-0.25, -0.2) is 0 Å². The molecular weight excluding hydrogens is 422 g/mol. The van der Waals surface area contributed by atoms with Crippen LogP contribution in [0.2, 0.25) is 0 Å². The number of rotatable bonds is 5. The van der Waals surface area contributed by atoms with Crippen molar-refractivity contribution in [3.63, 3.8) is 0 Å². The van der Waals surface area contributed by atoms with Crippen LogP contribution in [0.5, 0.6) is 0 Å². The highest BCUT2D eigenvalue weighted by Crippen LogP contribution is 2.71. The molecule has 1 fully saturated rings. The van der Waals surface area contributed by atoms with Gasteiger partial charge in [-0.3, -0.25) is 0 Å². The molecule has 0 aliphatic heterocycles. The first kappa shape index (κ1) is 26.2. The molecule has 0 bridgehead atoms. The number of allylic oxidation sites excluding steroid dienone is 4. The molecule has 0 heterocycles. The summed E-state index contributed by atoms with van der Waals surface area (Å²) in [5, 5.41) is 2.35. The van der Waals surface area contributed by atoms with E-state index in [1.54, 1.807) is 5.30 Å². The van der Waals surface area contributed by atoms with E-state index >= 15 is 0 Å². The van der Waals surface area contributed by atoms with Gasteiger partial charge < -0.3 is 0 Å². The third-order valence-corrected chi connectivity index (χ3v) is 15.8. The van der Waals surface area contributed by atoms with Crippen molar-refractivity contribution in [3.8, 4) is 0 Å². The van der Waals surface area contributed by atoms with Gasteiger partial charge in [0, 0.05) is 5.66 Å². The molecule has 2 aliphatic rings. The molecule has 1 aromatic carbocycles. The molecule has 2 aliphatic carbocycles. The zero-order valence-corrected chi connectivity index (χ0v) is 24.1. The molecule has 1 aromatic rings. The van der Waals surface area contributed by atoms with Crippen LogP contribution in [0.3, 0.4) is 0 Å². The van der Waals surface area contributed by atoms with Crippen LogP contribution in [0.4, 0.5) is 0 Å². The predicted octanol–water partition coefficient (Wildman–Crippen LogP) is 9.05. The third kappa shape index (κ3) is 5.28. The van der Waals surface area contributed by atoms with Crippen LogP contribution in [0.15, 0.2) is 54.6 Å². The van der Waals surface area contributed by atoms with Crippen LogP contribution in [0.1, 0.15) is 75.7 Å². The van der Waals surface area contributed by atoms with Gasteiger partial charge in [0.2, 0.25) is 0 Å². The van der Waals surface area contributed by atoms with Crippen LogP contribution in [0.25, 0.3) is 0 Å². The smallest absolute Gasteiger partial charge is 0.00508 e. The Morgan fingerprint density at radius 3 is 1.91 bits per heavy atom. The maximum atomic E-state index is 2.64. The number of benzene rings is 1. The van der Waals surface area contributed by atoms with Gasteiger partial charge in [0.25, 0.3) is 0 Å². The van der Waals surface area contributed by atoms with Crippen molar-refractivity contribution in [1.82, 2.24) is 0 Å². The second-order valence-corrected chi connectivity index (χ2v) is 19.3. The van der Waals surface area contributed by atoms with Gasteiger partial charge in [-0.2, -0.15) is 0 Å². The van der Waals surface area contributed by atoms with E-state index in [1.807, 2.05) is 0 Å². The Bertz CT molecular complexity index is 780. The Kier molecular flexibility index (Phi) is 8.21. The first-order chi connectivity index (χ1) is 14.9. The number of hydrogen-bond acceptors (Lipinski definition) is 0. The lowest BCUT2D eigenvalue weighted by molar-refractivity contribution is 0.337. The maximum absolute atomic E-state index is 2.64. The summed E-state index contributed by atoms with van der Waals surface area (Å²) in [6.07, 6.45) is 10.7. The summed E-state index contributed by atoms with van der Waals surface area (Å²) in [6, 6.07) is 11.6. The average Bonchev–Trinajstić information content (AvgIpc) is 2.91. The fourth-order valence-corrected chi connectivity index (χ4v) is 16.1. The highest BCUT2D eigenvalue weighted by Gasteiger charge is 2.55. The van der Waals surface area contributed by atoms with Crippen molar-refractivity contribution in [3.05, 3.63) is 54.6 Å². The van der Waals surface area contributed by atoms with Crippen molar-refractivity contribution in [1.29, 1.82) is 0 Å². The minimum absolute atomic E-state index is 0.141. The Morgan fingerprint density at radius 2 is 1.41 bits per heavy atom. The lowest BCUT2D eigenvalue weighted by atomic mass is 9.89. The third-order valence-electron chi connectivity index (χ3n) is 8.31. The summed E-state index contributed by atoms with van der Waals surface area (Å²) in [6.45, 7) is 25.6. The van der Waals surface area contributed by atoms with Gasteiger partial charge in [-0.1, -0.05) is 140 Å². The minimum atomic E-state index is -0.262. The molecule has 8 unspecified atom stereocenters. The fraction of sp³-hybridized carbons (Fsp3) is 0.667. The standard InChI is InChI=1S/C30H48P2/c1-21-22(2)27(28(23(21)3)32(29(5,6)7)30(8,9)10)24(4)31(25-17-13-11-14-18-25)26-19-15-12-16-20-26/h11-19,21-24,26-28H,20H2,1-10H3. The van der Waals surface area contributed by atoms with Crippen LogP contribution in [0, 0.1) is 23.7 Å². The second-order valence-electron chi connectivity index (χ2n) is 12.5. The van der Waals surface area contributed by atoms with E-state index in [0.717, 1.165) is 35.0 Å². The SMILES string of the molecule is CC1C(C)C(C(C)P(c2ccccc2)C2C=CC=CC2)C(P(C(C)(C)C)C(C)(C)C)C1C. The lowest BCUT2D eigenvalue weighted by Crippen LogP contribution is -2.40. The van der Waals surface area contributed by atoms with Crippen LogP contribution in [-0.2, 0) is 0 Å². The zero-order valence-electron chi connectivity index (χ0n) is 22.3. The Morgan fingerprint density at radius 1 is 0.812 bits per heavy atom. The van der Waals surface area contributed by atoms with E-state index in [0.29, 0.717) is 16.0 Å². The quantitative estimate of drug-likeness (QED) is 0.377. The monoisotopic (exact) mass is 470 g/mol. The van der Waals surface area contributed by atoms with Crippen LogP contribution >= 0.6 is 15.8 Å². The predicted molar refractivity (Wildman–Crippen MR) is 150 cm³/mol. The van der Waals surface area contributed by atoms with E-state index < -0.39 is 0 Å². The maximum Gasteiger partial charge on any atom is 0.00508 e. The van der Waals surface area contributed by atoms with E-state index in [-0.39, 0.29) is 15.8 Å². The van der Waals surface area contributed by atoms with Gasteiger partial charge in [-0.15, -0.1) is 0 Å². The second kappa shape index (κ2) is 10.0. The van der Waals surface area contributed by atoms with Crippen molar-refractivity contribution >= 4 is 21.1 Å². The summed E-state index contributed by atoms with van der Waals surface area (Å²) in [7, 11) is -0.403. The van der Waals surface area contributed by atoms with E-state index in [1.165, 1.54) is 6.42 Å². The van der Waals surface area contributed by atoms with Gasteiger partial charge in [-0.05, 0) is 57.0 Å². The summed E-state index contributed by atoms with van der Waals surface area (Å²) in [4.78, 5) is 0. The summed E-state index contributed by atoms with van der Waals surface area (Å²) < 4.78 is 0. The lowest BCUT2D eigenvalue weighted by Gasteiger charge is -2.51. The highest BCUT2D eigenvalue weighted by molar-refractivity contribution is 7.67. The van der Waals surface area contributed by atoms with Crippen LogP contribution < -0.4 is 5.30 Å². The molecule has 8 atom stereocenters. The zero-order chi connectivity index (χ0) is 23.8. The fourth-order valence-electron chi connectivity index (χ4n) is 7.12. The Hall–Kier alpha value is -0.440. The first-order valence-corrected chi connectivity index (χ1v) is 15.7. The number of hydrogen-bond donors (Lipinski definition) is 0. The highest BCUT2D eigenvalue weighted by atomic mass is 31.1. The summed E-state index contributed by atoms with van der Waals surface area (Å²) in [5.41, 5.74) is 2.24. The average molecular weight is 471 g/mol. The topological polar surface area (TPSA) is 0 Å². The molecule has 0 saturated heterocycles. The molecule has 3 rings (SSSR count). The van der Waals surface area contributed by atoms with Crippen molar-refractivity contribution < 1.29 is 0 Å². The van der Waals surface area contributed by atoms with Crippen molar-refractivity contribution in [2.75, 3.05) is 0 Å². The molecule has 0 amide bonds. The van der Waals surface area contributed by atoms with E-state index in [9.17, 15) is 0 Å². The molecule has 0 aromatic heterocycles. The normalized spacial score (nSPS) is 33.0. The molecule has 0 N–H and O–H groups in total. The Labute approximate surface area is 202 Å². The molecule has 0 nitrogen and oxygen atoms in total. The van der Waals surface area contributed by atoms with Crippen molar-refractivity contribution in [2.45, 2.75) is 103 Å². The van der Waals surface area contributed by atoms with Crippen LogP contribution in [-0.4, -0.2) is 27.3 Å². The molecular formula is C30H48P2. The van der Waals surface area contributed by atoms with E-state index in [2.05, 4.69) is 124 Å². The molecule has 0 spiro atoms. The van der Waals surface area contributed by atoms with Crippen molar-refractivity contribution in [2.24, 2.45) is 23.7 Å². The minimum Gasteiger partial charge on any atom is -0.0919 e.